The van der Waals surface area contributed by atoms with E-state index in [1.807, 2.05) is 0 Å². The first-order chi connectivity index (χ1) is 6.77. The van der Waals surface area contributed by atoms with Crippen molar-refractivity contribution in [3.63, 3.8) is 0 Å². The SMILES string of the molecule is O=C(O)C(OCCC1CCC1)C1CC1. The molecule has 0 aromatic rings. The Labute approximate surface area is 84.4 Å². The zero-order chi connectivity index (χ0) is 9.97. The Morgan fingerprint density at radius 1 is 1.36 bits per heavy atom. The smallest absolute Gasteiger partial charge is 0.333 e. The van der Waals surface area contributed by atoms with E-state index in [1.54, 1.807) is 0 Å². The Hall–Kier alpha value is -0.570. The summed E-state index contributed by atoms with van der Waals surface area (Å²) in [7, 11) is 0. The van der Waals surface area contributed by atoms with Crippen LogP contribution in [0.4, 0.5) is 0 Å². The number of hydrogen-bond donors (Lipinski definition) is 1. The molecule has 0 aliphatic heterocycles. The van der Waals surface area contributed by atoms with Crippen molar-refractivity contribution in [2.24, 2.45) is 11.8 Å². The normalized spacial score (nSPS) is 24.3. The predicted molar refractivity (Wildman–Crippen MR) is 52.1 cm³/mol. The maximum absolute atomic E-state index is 10.8. The Morgan fingerprint density at radius 3 is 2.50 bits per heavy atom. The van der Waals surface area contributed by atoms with Gasteiger partial charge in [0.05, 0.1) is 0 Å². The molecule has 2 saturated carbocycles. The summed E-state index contributed by atoms with van der Waals surface area (Å²) in [6, 6.07) is 0. The van der Waals surface area contributed by atoms with E-state index in [2.05, 4.69) is 0 Å². The second kappa shape index (κ2) is 4.30. The quantitative estimate of drug-likeness (QED) is 0.710. The monoisotopic (exact) mass is 198 g/mol. The zero-order valence-corrected chi connectivity index (χ0v) is 8.45. The van der Waals surface area contributed by atoms with Gasteiger partial charge in [-0.1, -0.05) is 19.3 Å². The maximum atomic E-state index is 10.8. The van der Waals surface area contributed by atoms with E-state index in [9.17, 15) is 4.79 Å². The van der Waals surface area contributed by atoms with Crippen molar-refractivity contribution >= 4 is 5.97 Å². The van der Waals surface area contributed by atoms with Crippen LogP contribution < -0.4 is 0 Å². The van der Waals surface area contributed by atoms with E-state index in [0.29, 0.717) is 12.5 Å². The topological polar surface area (TPSA) is 46.5 Å². The van der Waals surface area contributed by atoms with Crippen LogP contribution in [-0.2, 0) is 9.53 Å². The molecule has 3 nitrogen and oxygen atoms in total. The second-order valence-corrected chi connectivity index (χ2v) is 4.55. The standard InChI is InChI=1S/C11H18O3/c12-11(13)10(9-4-5-9)14-7-6-8-2-1-3-8/h8-10H,1-7H2,(H,12,13). The third-order valence-corrected chi connectivity index (χ3v) is 3.34. The molecule has 0 heterocycles. The average Bonchev–Trinajstić information content (AvgIpc) is 2.83. The number of carbonyl (C=O) groups is 1. The number of aliphatic carboxylic acids is 1. The lowest BCUT2D eigenvalue weighted by molar-refractivity contribution is -0.152. The van der Waals surface area contributed by atoms with Gasteiger partial charge in [0.15, 0.2) is 6.10 Å². The molecule has 1 N–H and O–H groups in total. The first kappa shape index (κ1) is 9.97. The van der Waals surface area contributed by atoms with Gasteiger partial charge in [-0.25, -0.2) is 4.79 Å². The van der Waals surface area contributed by atoms with Crippen LogP contribution in [0, 0.1) is 11.8 Å². The van der Waals surface area contributed by atoms with E-state index in [-0.39, 0.29) is 0 Å². The Bertz CT molecular complexity index is 207. The lowest BCUT2D eigenvalue weighted by Crippen LogP contribution is -2.27. The van der Waals surface area contributed by atoms with Crippen molar-refractivity contribution in [1.29, 1.82) is 0 Å². The molecule has 1 atom stereocenters. The summed E-state index contributed by atoms with van der Waals surface area (Å²) in [5.74, 6) is 0.332. The molecule has 3 heteroatoms. The van der Waals surface area contributed by atoms with Crippen molar-refractivity contribution in [2.45, 2.75) is 44.6 Å². The largest absolute Gasteiger partial charge is 0.479 e. The Kier molecular flexibility index (Phi) is 3.06. The van der Waals surface area contributed by atoms with Gasteiger partial charge in [-0.05, 0) is 31.1 Å². The highest BCUT2D eigenvalue weighted by atomic mass is 16.5. The number of carboxylic acid groups (broad SMARTS) is 1. The van der Waals surface area contributed by atoms with Gasteiger partial charge in [0, 0.05) is 6.61 Å². The molecule has 2 rings (SSSR count). The first-order valence-electron chi connectivity index (χ1n) is 5.62. The minimum Gasteiger partial charge on any atom is -0.479 e. The summed E-state index contributed by atoms with van der Waals surface area (Å²) in [5, 5.41) is 8.90. The highest BCUT2D eigenvalue weighted by molar-refractivity contribution is 5.73. The van der Waals surface area contributed by atoms with E-state index in [4.69, 9.17) is 9.84 Å². The van der Waals surface area contributed by atoms with E-state index in [0.717, 1.165) is 25.2 Å². The second-order valence-electron chi connectivity index (χ2n) is 4.55. The highest BCUT2D eigenvalue weighted by Crippen LogP contribution is 2.35. The minimum atomic E-state index is -0.777. The van der Waals surface area contributed by atoms with Crippen molar-refractivity contribution in [3.05, 3.63) is 0 Å². The molecular formula is C11H18O3. The van der Waals surface area contributed by atoms with Crippen molar-refractivity contribution in [3.8, 4) is 0 Å². The fourth-order valence-electron chi connectivity index (χ4n) is 1.95. The number of ether oxygens (including phenoxy) is 1. The van der Waals surface area contributed by atoms with Gasteiger partial charge in [0.1, 0.15) is 0 Å². The Morgan fingerprint density at radius 2 is 2.07 bits per heavy atom. The van der Waals surface area contributed by atoms with Crippen molar-refractivity contribution < 1.29 is 14.6 Å². The molecule has 0 radical (unpaired) electrons. The average molecular weight is 198 g/mol. The van der Waals surface area contributed by atoms with E-state index in [1.165, 1.54) is 19.3 Å². The van der Waals surface area contributed by atoms with Crippen LogP contribution in [0.3, 0.4) is 0 Å². The molecule has 0 bridgehead atoms. The van der Waals surface area contributed by atoms with Crippen LogP contribution in [0.15, 0.2) is 0 Å². The van der Waals surface area contributed by atoms with E-state index < -0.39 is 12.1 Å². The molecule has 2 aliphatic carbocycles. The van der Waals surface area contributed by atoms with Crippen LogP contribution in [-0.4, -0.2) is 23.8 Å². The Balaban J connectivity index is 1.63. The fraction of sp³-hybridized carbons (Fsp3) is 0.909. The third kappa shape index (κ3) is 2.47. The molecule has 0 amide bonds. The summed E-state index contributed by atoms with van der Waals surface area (Å²) >= 11 is 0. The fourth-order valence-corrected chi connectivity index (χ4v) is 1.95. The van der Waals surface area contributed by atoms with Crippen LogP contribution in [0.1, 0.15) is 38.5 Å². The summed E-state index contributed by atoms with van der Waals surface area (Å²) < 4.78 is 5.43. The van der Waals surface area contributed by atoms with Gasteiger partial charge in [-0.15, -0.1) is 0 Å². The number of carboxylic acids is 1. The molecule has 0 spiro atoms. The first-order valence-corrected chi connectivity index (χ1v) is 5.62. The van der Waals surface area contributed by atoms with Gasteiger partial charge in [0.25, 0.3) is 0 Å². The van der Waals surface area contributed by atoms with Crippen molar-refractivity contribution in [2.75, 3.05) is 6.61 Å². The number of rotatable bonds is 6. The zero-order valence-electron chi connectivity index (χ0n) is 8.45. The molecule has 80 valence electrons. The lowest BCUT2D eigenvalue weighted by Gasteiger charge is -2.25. The molecule has 2 aliphatic rings. The van der Waals surface area contributed by atoms with Gasteiger partial charge >= 0.3 is 5.97 Å². The molecule has 0 aromatic carbocycles. The third-order valence-electron chi connectivity index (χ3n) is 3.34. The maximum Gasteiger partial charge on any atom is 0.333 e. The van der Waals surface area contributed by atoms with Crippen LogP contribution in [0.25, 0.3) is 0 Å². The van der Waals surface area contributed by atoms with Gasteiger partial charge in [-0.2, -0.15) is 0 Å². The van der Waals surface area contributed by atoms with Crippen molar-refractivity contribution in [1.82, 2.24) is 0 Å². The van der Waals surface area contributed by atoms with Crippen LogP contribution >= 0.6 is 0 Å². The van der Waals surface area contributed by atoms with Gasteiger partial charge in [-0.3, -0.25) is 0 Å². The molecule has 1 unspecified atom stereocenters. The minimum absolute atomic E-state index is 0.300. The lowest BCUT2D eigenvalue weighted by atomic mass is 9.83. The van der Waals surface area contributed by atoms with Gasteiger partial charge in [0.2, 0.25) is 0 Å². The summed E-state index contributed by atoms with van der Waals surface area (Å²) in [5.41, 5.74) is 0. The molecule has 0 saturated heterocycles. The number of hydrogen-bond acceptors (Lipinski definition) is 2. The molecular weight excluding hydrogens is 180 g/mol. The summed E-state index contributed by atoms with van der Waals surface area (Å²) in [6.07, 6.45) is 6.55. The summed E-state index contributed by atoms with van der Waals surface area (Å²) in [4.78, 5) is 10.8. The predicted octanol–water partition coefficient (Wildman–Crippen LogP) is 2.06. The van der Waals surface area contributed by atoms with Crippen LogP contribution in [0.5, 0.6) is 0 Å². The molecule has 14 heavy (non-hydrogen) atoms. The van der Waals surface area contributed by atoms with E-state index >= 15 is 0 Å². The molecule has 2 fully saturated rings. The van der Waals surface area contributed by atoms with Crippen LogP contribution in [0.2, 0.25) is 0 Å². The molecule has 0 aromatic heterocycles. The van der Waals surface area contributed by atoms with Gasteiger partial charge < -0.3 is 9.84 Å². The highest BCUT2D eigenvalue weighted by Gasteiger charge is 2.37. The summed E-state index contributed by atoms with van der Waals surface area (Å²) in [6.45, 7) is 0.637.